The topological polar surface area (TPSA) is 6.48 Å². The molecule has 0 aromatic heterocycles. The zero-order valence-corrected chi connectivity index (χ0v) is 14.4. The fraction of sp³-hybridized carbons (Fsp3) is 0.667. The molecule has 0 saturated carbocycles. The standard InChI is InChI=1S/C18H29N2P/c1-16-10-6-8-14-19(16)21(18-12-4-3-5-13-18)20-15-9-7-11-17(20)2/h3-5,12-13,16-17H,6-11,14-15H2,1-2H3/t16-,17-/m1/s1. The van der Waals surface area contributed by atoms with E-state index in [1.807, 2.05) is 0 Å². The molecule has 2 aliphatic rings. The normalized spacial score (nSPS) is 28.9. The second-order valence-corrected chi connectivity index (χ2v) is 8.76. The molecule has 0 bridgehead atoms. The first-order chi connectivity index (χ1) is 10.3. The van der Waals surface area contributed by atoms with Crippen molar-refractivity contribution in [1.82, 2.24) is 9.34 Å². The van der Waals surface area contributed by atoms with Gasteiger partial charge in [0.25, 0.3) is 0 Å². The summed E-state index contributed by atoms with van der Waals surface area (Å²) < 4.78 is 5.66. The molecule has 21 heavy (non-hydrogen) atoms. The molecule has 3 rings (SSSR count). The zero-order valence-electron chi connectivity index (χ0n) is 13.5. The average Bonchev–Trinajstić information content (AvgIpc) is 2.52. The number of benzene rings is 1. The summed E-state index contributed by atoms with van der Waals surface area (Å²) in [6.07, 6.45) is 8.30. The van der Waals surface area contributed by atoms with Crippen LogP contribution in [0.2, 0.25) is 0 Å². The third-order valence-corrected chi connectivity index (χ3v) is 7.93. The molecule has 2 aliphatic heterocycles. The van der Waals surface area contributed by atoms with Crippen LogP contribution >= 0.6 is 8.22 Å². The van der Waals surface area contributed by atoms with Gasteiger partial charge in [-0.05, 0) is 39.5 Å². The molecule has 1 aromatic rings. The van der Waals surface area contributed by atoms with Gasteiger partial charge in [-0.25, -0.2) is 0 Å². The lowest BCUT2D eigenvalue weighted by atomic mass is 10.1. The predicted molar refractivity (Wildman–Crippen MR) is 93.0 cm³/mol. The highest BCUT2D eigenvalue weighted by molar-refractivity contribution is 7.61. The maximum absolute atomic E-state index is 2.83. The molecule has 2 atom stereocenters. The molecule has 1 aromatic carbocycles. The number of nitrogens with zero attached hydrogens (tertiary/aromatic N) is 2. The Morgan fingerprint density at radius 1 is 0.810 bits per heavy atom. The van der Waals surface area contributed by atoms with E-state index in [0.717, 1.165) is 12.1 Å². The number of hydrogen-bond acceptors (Lipinski definition) is 2. The lowest BCUT2D eigenvalue weighted by Crippen LogP contribution is -2.45. The van der Waals surface area contributed by atoms with Crippen LogP contribution < -0.4 is 5.30 Å². The minimum absolute atomic E-state index is 0.304. The Labute approximate surface area is 131 Å². The van der Waals surface area contributed by atoms with Crippen molar-refractivity contribution in [1.29, 1.82) is 0 Å². The van der Waals surface area contributed by atoms with Gasteiger partial charge in [-0.1, -0.05) is 43.2 Å². The lowest BCUT2D eigenvalue weighted by molar-refractivity contribution is 0.232. The van der Waals surface area contributed by atoms with E-state index in [1.165, 1.54) is 51.6 Å². The quantitative estimate of drug-likeness (QED) is 0.765. The smallest absolute Gasteiger partial charge is 0.0729 e. The van der Waals surface area contributed by atoms with Gasteiger partial charge >= 0.3 is 0 Å². The largest absolute Gasteiger partial charge is 0.263 e. The fourth-order valence-electron chi connectivity index (χ4n) is 3.73. The van der Waals surface area contributed by atoms with Crippen molar-refractivity contribution in [2.45, 2.75) is 64.5 Å². The van der Waals surface area contributed by atoms with Crippen LogP contribution in [0.3, 0.4) is 0 Å². The van der Waals surface area contributed by atoms with Crippen LogP contribution in [0.15, 0.2) is 30.3 Å². The first-order valence-electron chi connectivity index (χ1n) is 8.65. The van der Waals surface area contributed by atoms with Gasteiger partial charge in [0.05, 0.1) is 8.22 Å². The van der Waals surface area contributed by atoms with Crippen LogP contribution in [-0.4, -0.2) is 34.5 Å². The highest BCUT2D eigenvalue weighted by atomic mass is 31.1. The number of hydrogen-bond donors (Lipinski definition) is 0. The summed E-state index contributed by atoms with van der Waals surface area (Å²) in [6, 6.07) is 12.8. The Balaban J connectivity index is 1.90. The summed E-state index contributed by atoms with van der Waals surface area (Å²) in [5.41, 5.74) is 0. The molecule has 2 heterocycles. The zero-order chi connectivity index (χ0) is 14.7. The van der Waals surface area contributed by atoms with Crippen molar-refractivity contribution < 1.29 is 0 Å². The second kappa shape index (κ2) is 7.22. The van der Waals surface area contributed by atoms with Gasteiger partial charge in [-0.3, -0.25) is 9.34 Å². The fourth-order valence-corrected chi connectivity index (χ4v) is 6.70. The molecule has 2 saturated heterocycles. The van der Waals surface area contributed by atoms with Crippen LogP contribution in [0, 0.1) is 0 Å². The first-order valence-corrected chi connectivity index (χ1v) is 9.90. The summed E-state index contributed by atoms with van der Waals surface area (Å²) in [7, 11) is -0.304. The van der Waals surface area contributed by atoms with Crippen LogP contribution in [0.5, 0.6) is 0 Å². The van der Waals surface area contributed by atoms with Gasteiger partial charge in [0, 0.05) is 30.5 Å². The SMILES string of the molecule is C[C@@H]1CCCCN1P(c1ccccc1)N1CCCC[C@H]1C. The Morgan fingerprint density at radius 3 is 1.81 bits per heavy atom. The molecular formula is C18H29N2P. The molecule has 0 unspecified atom stereocenters. The van der Waals surface area contributed by atoms with Gasteiger partial charge in [0.15, 0.2) is 0 Å². The van der Waals surface area contributed by atoms with E-state index in [-0.39, 0.29) is 8.22 Å². The van der Waals surface area contributed by atoms with E-state index in [9.17, 15) is 0 Å². The third-order valence-electron chi connectivity index (χ3n) is 5.01. The van der Waals surface area contributed by atoms with E-state index in [4.69, 9.17) is 0 Å². The Hall–Kier alpha value is -0.430. The summed E-state index contributed by atoms with van der Waals surface area (Å²) in [6.45, 7) is 7.44. The maximum atomic E-state index is 2.83. The number of piperidine rings is 2. The molecule has 0 aliphatic carbocycles. The van der Waals surface area contributed by atoms with Gasteiger partial charge in [-0.2, -0.15) is 0 Å². The Morgan fingerprint density at radius 2 is 1.33 bits per heavy atom. The van der Waals surface area contributed by atoms with Gasteiger partial charge in [0.2, 0.25) is 0 Å². The van der Waals surface area contributed by atoms with Crippen molar-refractivity contribution in [2.24, 2.45) is 0 Å². The van der Waals surface area contributed by atoms with E-state index in [0.29, 0.717) is 0 Å². The maximum Gasteiger partial charge on any atom is 0.0729 e. The van der Waals surface area contributed by atoms with E-state index in [2.05, 4.69) is 53.5 Å². The molecule has 2 fully saturated rings. The van der Waals surface area contributed by atoms with Crippen LogP contribution in [0.1, 0.15) is 52.4 Å². The molecule has 0 amide bonds. The van der Waals surface area contributed by atoms with E-state index >= 15 is 0 Å². The summed E-state index contributed by atoms with van der Waals surface area (Å²) in [4.78, 5) is 0. The molecule has 116 valence electrons. The molecule has 0 spiro atoms. The molecule has 3 heteroatoms. The van der Waals surface area contributed by atoms with Gasteiger partial charge in [-0.15, -0.1) is 0 Å². The van der Waals surface area contributed by atoms with E-state index < -0.39 is 0 Å². The minimum atomic E-state index is -0.304. The van der Waals surface area contributed by atoms with E-state index in [1.54, 1.807) is 5.30 Å². The first kappa shape index (κ1) is 15.5. The van der Waals surface area contributed by atoms with Crippen molar-refractivity contribution in [3.8, 4) is 0 Å². The molecular weight excluding hydrogens is 275 g/mol. The van der Waals surface area contributed by atoms with Crippen LogP contribution in [-0.2, 0) is 0 Å². The summed E-state index contributed by atoms with van der Waals surface area (Å²) in [5.74, 6) is 0. The summed E-state index contributed by atoms with van der Waals surface area (Å²) >= 11 is 0. The Bertz CT molecular complexity index is 414. The predicted octanol–water partition coefficient (Wildman–Crippen LogP) is 4.37. The lowest BCUT2D eigenvalue weighted by Gasteiger charge is -2.48. The summed E-state index contributed by atoms with van der Waals surface area (Å²) in [5, 5.41) is 1.55. The van der Waals surface area contributed by atoms with Crippen molar-refractivity contribution in [3.05, 3.63) is 30.3 Å². The average molecular weight is 304 g/mol. The second-order valence-electron chi connectivity index (χ2n) is 6.64. The molecule has 2 nitrogen and oxygen atoms in total. The highest BCUT2D eigenvalue weighted by Gasteiger charge is 2.35. The Kier molecular flexibility index (Phi) is 5.32. The van der Waals surface area contributed by atoms with Crippen LogP contribution in [0.25, 0.3) is 0 Å². The van der Waals surface area contributed by atoms with Crippen LogP contribution in [0.4, 0.5) is 0 Å². The van der Waals surface area contributed by atoms with Gasteiger partial charge in [0.1, 0.15) is 0 Å². The minimum Gasteiger partial charge on any atom is -0.263 e. The number of rotatable bonds is 3. The third kappa shape index (κ3) is 3.50. The highest BCUT2D eigenvalue weighted by Crippen LogP contribution is 2.49. The molecule has 0 radical (unpaired) electrons. The molecule has 0 N–H and O–H groups in total. The van der Waals surface area contributed by atoms with Crippen molar-refractivity contribution in [3.63, 3.8) is 0 Å². The monoisotopic (exact) mass is 304 g/mol. The van der Waals surface area contributed by atoms with Crippen molar-refractivity contribution in [2.75, 3.05) is 13.1 Å². The van der Waals surface area contributed by atoms with Crippen molar-refractivity contribution >= 4 is 13.5 Å². The van der Waals surface area contributed by atoms with Gasteiger partial charge < -0.3 is 0 Å².